The second-order valence-electron chi connectivity index (χ2n) is 5.15. The third-order valence-corrected chi connectivity index (χ3v) is 4.26. The topological polar surface area (TPSA) is 12.0 Å². The highest BCUT2D eigenvalue weighted by atomic mass is 14.9. The van der Waals surface area contributed by atoms with Crippen molar-refractivity contribution >= 4 is 0 Å². The number of hydrogen-bond donors (Lipinski definition) is 1. The Hall–Kier alpha value is -0.0400. The molecular weight excluding hydrogens is 182 g/mol. The number of rotatable bonds is 6. The number of nitrogens with one attached hydrogen (secondary N) is 1. The molecule has 1 rings (SSSR count). The monoisotopic (exact) mass is 211 g/mol. The predicted molar refractivity (Wildman–Crippen MR) is 68.1 cm³/mol. The van der Waals surface area contributed by atoms with Crippen molar-refractivity contribution in [2.24, 2.45) is 11.8 Å². The van der Waals surface area contributed by atoms with Gasteiger partial charge in [0.1, 0.15) is 0 Å². The SMILES string of the molecule is CCC(CC)CNC1CCCCC1CC. The van der Waals surface area contributed by atoms with Gasteiger partial charge in [0, 0.05) is 6.04 Å². The van der Waals surface area contributed by atoms with Gasteiger partial charge in [-0.3, -0.25) is 0 Å². The van der Waals surface area contributed by atoms with Crippen LogP contribution in [-0.4, -0.2) is 12.6 Å². The van der Waals surface area contributed by atoms with Crippen molar-refractivity contribution < 1.29 is 0 Å². The van der Waals surface area contributed by atoms with Crippen molar-refractivity contribution in [2.75, 3.05) is 6.54 Å². The first kappa shape index (κ1) is 13.0. The Morgan fingerprint density at radius 3 is 2.33 bits per heavy atom. The molecule has 0 bridgehead atoms. The molecule has 1 nitrogen and oxygen atoms in total. The van der Waals surface area contributed by atoms with Gasteiger partial charge in [-0.15, -0.1) is 0 Å². The average molecular weight is 211 g/mol. The zero-order valence-corrected chi connectivity index (χ0v) is 10.9. The molecule has 15 heavy (non-hydrogen) atoms. The summed E-state index contributed by atoms with van der Waals surface area (Å²) < 4.78 is 0. The van der Waals surface area contributed by atoms with E-state index in [1.165, 1.54) is 51.5 Å². The highest BCUT2D eigenvalue weighted by Gasteiger charge is 2.23. The zero-order chi connectivity index (χ0) is 11.1. The molecule has 0 aromatic carbocycles. The second-order valence-corrected chi connectivity index (χ2v) is 5.15. The fraction of sp³-hybridized carbons (Fsp3) is 1.00. The third kappa shape index (κ3) is 4.14. The van der Waals surface area contributed by atoms with Gasteiger partial charge in [0.05, 0.1) is 0 Å². The van der Waals surface area contributed by atoms with Crippen LogP contribution in [0.2, 0.25) is 0 Å². The van der Waals surface area contributed by atoms with Crippen LogP contribution < -0.4 is 5.32 Å². The molecule has 2 unspecified atom stereocenters. The summed E-state index contributed by atoms with van der Waals surface area (Å²) in [5, 5.41) is 3.82. The van der Waals surface area contributed by atoms with E-state index >= 15 is 0 Å². The normalized spacial score (nSPS) is 27.2. The van der Waals surface area contributed by atoms with Gasteiger partial charge in [0.15, 0.2) is 0 Å². The van der Waals surface area contributed by atoms with Crippen LogP contribution in [0.1, 0.15) is 65.7 Å². The first-order valence-electron chi connectivity index (χ1n) is 7.05. The van der Waals surface area contributed by atoms with Crippen molar-refractivity contribution in [3.05, 3.63) is 0 Å². The van der Waals surface area contributed by atoms with Gasteiger partial charge in [0.2, 0.25) is 0 Å². The summed E-state index contributed by atoms with van der Waals surface area (Å²) >= 11 is 0. The molecule has 0 saturated heterocycles. The minimum atomic E-state index is 0.823. The van der Waals surface area contributed by atoms with Crippen LogP contribution >= 0.6 is 0 Å². The van der Waals surface area contributed by atoms with Gasteiger partial charge < -0.3 is 5.32 Å². The summed E-state index contributed by atoms with van der Waals surface area (Å²) in [6.45, 7) is 8.22. The smallest absolute Gasteiger partial charge is 0.00953 e. The van der Waals surface area contributed by atoms with Crippen LogP contribution in [-0.2, 0) is 0 Å². The van der Waals surface area contributed by atoms with Gasteiger partial charge in [-0.2, -0.15) is 0 Å². The van der Waals surface area contributed by atoms with E-state index in [-0.39, 0.29) is 0 Å². The maximum atomic E-state index is 3.82. The summed E-state index contributed by atoms with van der Waals surface area (Å²) in [6.07, 6.45) is 9.79. The Morgan fingerprint density at radius 1 is 1.07 bits per heavy atom. The van der Waals surface area contributed by atoms with E-state index in [1.54, 1.807) is 0 Å². The predicted octanol–water partition coefficient (Wildman–Crippen LogP) is 3.98. The molecule has 0 aromatic heterocycles. The summed E-state index contributed by atoms with van der Waals surface area (Å²) in [5.41, 5.74) is 0. The molecule has 1 heteroatoms. The van der Waals surface area contributed by atoms with E-state index in [2.05, 4.69) is 26.1 Å². The molecule has 1 N–H and O–H groups in total. The zero-order valence-electron chi connectivity index (χ0n) is 10.9. The van der Waals surface area contributed by atoms with E-state index in [4.69, 9.17) is 0 Å². The van der Waals surface area contributed by atoms with Crippen LogP contribution in [0.3, 0.4) is 0 Å². The lowest BCUT2D eigenvalue weighted by atomic mass is 9.82. The van der Waals surface area contributed by atoms with E-state index in [1.807, 2.05) is 0 Å². The van der Waals surface area contributed by atoms with Crippen molar-refractivity contribution in [2.45, 2.75) is 71.8 Å². The van der Waals surface area contributed by atoms with Gasteiger partial charge in [-0.05, 0) is 31.2 Å². The molecule has 1 aliphatic rings. The average Bonchev–Trinajstić information content (AvgIpc) is 2.31. The first-order chi connectivity index (χ1) is 7.31. The van der Waals surface area contributed by atoms with E-state index in [0.29, 0.717) is 0 Å². The molecule has 2 atom stereocenters. The molecular formula is C14H29N. The second kappa shape index (κ2) is 7.27. The quantitative estimate of drug-likeness (QED) is 0.700. The first-order valence-corrected chi connectivity index (χ1v) is 7.05. The van der Waals surface area contributed by atoms with Crippen molar-refractivity contribution in [3.8, 4) is 0 Å². The van der Waals surface area contributed by atoms with Crippen LogP contribution in [0.25, 0.3) is 0 Å². The minimum Gasteiger partial charge on any atom is -0.313 e. The highest BCUT2D eigenvalue weighted by molar-refractivity contribution is 4.80. The lowest BCUT2D eigenvalue weighted by molar-refractivity contribution is 0.243. The molecule has 0 spiro atoms. The van der Waals surface area contributed by atoms with Gasteiger partial charge in [-0.1, -0.05) is 52.9 Å². The molecule has 0 aromatic rings. The van der Waals surface area contributed by atoms with E-state index < -0.39 is 0 Å². The molecule has 0 aliphatic heterocycles. The maximum absolute atomic E-state index is 3.82. The van der Waals surface area contributed by atoms with E-state index in [0.717, 1.165) is 17.9 Å². The number of hydrogen-bond acceptors (Lipinski definition) is 1. The maximum Gasteiger partial charge on any atom is 0.00953 e. The molecule has 0 amide bonds. The van der Waals surface area contributed by atoms with Crippen LogP contribution in [0.5, 0.6) is 0 Å². The molecule has 0 heterocycles. The fourth-order valence-electron chi connectivity index (χ4n) is 2.86. The standard InChI is InChI=1S/C14H29N/c1-4-12(5-2)11-15-14-10-8-7-9-13(14)6-3/h12-15H,4-11H2,1-3H3. The third-order valence-electron chi connectivity index (χ3n) is 4.26. The Balaban J connectivity index is 2.28. The Bertz CT molecular complexity index is 151. The minimum absolute atomic E-state index is 0.823. The van der Waals surface area contributed by atoms with Crippen molar-refractivity contribution in [3.63, 3.8) is 0 Å². The molecule has 1 saturated carbocycles. The Labute approximate surface area is 96.0 Å². The summed E-state index contributed by atoms with van der Waals surface area (Å²) in [4.78, 5) is 0. The summed E-state index contributed by atoms with van der Waals surface area (Å²) in [6, 6.07) is 0.823. The summed E-state index contributed by atoms with van der Waals surface area (Å²) in [5.74, 6) is 1.84. The summed E-state index contributed by atoms with van der Waals surface area (Å²) in [7, 11) is 0. The van der Waals surface area contributed by atoms with Crippen LogP contribution in [0, 0.1) is 11.8 Å². The van der Waals surface area contributed by atoms with Gasteiger partial charge in [0.25, 0.3) is 0 Å². The molecule has 1 aliphatic carbocycles. The van der Waals surface area contributed by atoms with Crippen molar-refractivity contribution in [1.29, 1.82) is 0 Å². The van der Waals surface area contributed by atoms with Gasteiger partial charge in [-0.25, -0.2) is 0 Å². The van der Waals surface area contributed by atoms with Crippen LogP contribution in [0.4, 0.5) is 0 Å². The van der Waals surface area contributed by atoms with Crippen molar-refractivity contribution in [1.82, 2.24) is 5.32 Å². The molecule has 90 valence electrons. The Kier molecular flexibility index (Phi) is 6.31. The van der Waals surface area contributed by atoms with Gasteiger partial charge >= 0.3 is 0 Å². The van der Waals surface area contributed by atoms with Crippen LogP contribution in [0.15, 0.2) is 0 Å². The highest BCUT2D eigenvalue weighted by Crippen LogP contribution is 2.27. The largest absolute Gasteiger partial charge is 0.313 e. The molecule has 0 radical (unpaired) electrons. The lowest BCUT2D eigenvalue weighted by Gasteiger charge is -2.32. The Morgan fingerprint density at radius 2 is 1.73 bits per heavy atom. The van der Waals surface area contributed by atoms with E-state index in [9.17, 15) is 0 Å². The lowest BCUT2D eigenvalue weighted by Crippen LogP contribution is -2.40. The fourth-order valence-corrected chi connectivity index (χ4v) is 2.86. The molecule has 1 fully saturated rings.